The smallest absolute Gasteiger partial charge is 0.258 e. The molecule has 0 atom stereocenters. The van der Waals surface area contributed by atoms with Crippen molar-refractivity contribution in [3.8, 4) is 17.1 Å². The van der Waals surface area contributed by atoms with Crippen LogP contribution in [-0.2, 0) is 0 Å². The molecule has 0 aliphatic heterocycles. The van der Waals surface area contributed by atoms with Gasteiger partial charge in [-0.25, -0.2) is 4.68 Å². The van der Waals surface area contributed by atoms with Crippen molar-refractivity contribution in [2.75, 3.05) is 12.4 Å². The lowest BCUT2D eigenvalue weighted by atomic mass is 10.2. The van der Waals surface area contributed by atoms with Gasteiger partial charge < -0.3 is 10.1 Å². The van der Waals surface area contributed by atoms with Crippen molar-refractivity contribution in [2.45, 2.75) is 6.92 Å². The van der Waals surface area contributed by atoms with Crippen LogP contribution in [0.1, 0.15) is 16.2 Å². The van der Waals surface area contributed by atoms with Gasteiger partial charge in [-0.1, -0.05) is 17.7 Å². The quantitative estimate of drug-likeness (QED) is 0.543. The van der Waals surface area contributed by atoms with Crippen molar-refractivity contribution >= 4 is 23.2 Å². The van der Waals surface area contributed by atoms with E-state index in [4.69, 9.17) is 16.3 Å². The zero-order valence-electron chi connectivity index (χ0n) is 15.6. The van der Waals surface area contributed by atoms with E-state index >= 15 is 0 Å². The van der Waals surface area contributed by atoms with Crippen molar-refractivity contribution < 1.29 is 9.53 Å². The number of benzene rings is 2. The number of hydrogen-bond donors (Lipinski definition) is 1. The van der Waals surface area contributed by atoms with Gasteiger partial charge in [0.25, 0.3) is 5.91 Å². The highest BCUT2D eigenvalue weighted by Gasteiger charge is 2.14. The molecule has 1 amide bonds. The number of methoxy groups -OCH3 is 1. The number of hydrogen-bond acceptors (Lipinski definition) is 6. The van der Waals surface area contributed by atoms with Crippen LogP contribution in [0.25, 0.3) is 11.4 Å². The van der Waals surface area contributed by atoms with Crippen LogP contribution in [0.4, 0.5) is 5.69 Å². The van der Waals surface area contributed by atoms with Gasteiger partial charge in [0, 0.05) is 16.9 Å². The van der Waals surface area contributed by atoms with Gasteiger partial charge >= 0.3 is 0 Å². The Morgan fingerprint density at radius 2 is 2.07 bits per heavy atom. The summed E-state index contributed by atoms with van der Waals surface area (Å²) in [5.41, 5.74) is 2.34. The highest BCUT2D eigenvalue weighted by Crippen LogP contribution is 2.26. The lowest BCUT2D eigenvalue weighted by Crippen LogP contribution is -2.12. The van der Waals surface area contributed by atoms with Gasteiger partial charge in [-0.3, -0.25) is 4.79 Å². The van der Waals surface area contributed by atoms with E-state index < -0.39 is 0 Å². The molecule has 4 rings (SSSR count). The maximum absolute atomic E-state index is 12.7. The summed E-state index contributed by atoms with van der Waals surface area (Å²) in [4.78, 5) is 12.7. The molecular weight excluding hydrogens is 394 g/mol. The van der Waals surface area contributed by atoms with E-state index in [9.17, 15) is 4.79 Å². The first-order chi connectivity index (χ1) is 14.0. The maximum atomic E-state index is 12.7. The van der Waals surface area contributed by atoms with E-state index in [1.807, 2.05) is 12.1 Å². The van der Waals surface area contributed by atoms with Crippen LogP contribution in [0.5, 0.6) is 5.75 Å². The number of tetrazole rings is 1. The normalized spacial score (nSPS) is 10.7. The number of anilines is 1. The van der Waals surface area contributed by atoms with Crippen molar-refractivity contribution in [3.63, 3.8) is 0 Å². The van der Waals surface area contributed by atoms with E-state index in [-0.39, 0.29) is 5.91 Å². The molecule has 0 aliphatic carbocycles. The molecule has 0 bridgehead atoms. The van der Waals surface area contributed by atoms with Gasteiger partial charge in [0.05, 0.1) is 24.6 Å². The number of carbonyl (C=O) groups excluding carboxylic acids is 1. The predicted molar refractivity (Wildman–Crippen MR) is 107 cm³/mol. The summed E-state index contributed by atoms with van der Waals surface area (Å²) >= 11 is 6.02. The van der Waals surface area contributed by atoms with Gasteiger partial charge in [0.2, 0.25) is 0 Å². The second kappa shape index (κ2) is 7.72. The lowest BCUT2D eigenvalue weighted by molar-refractivity contribution is 0.102. The minimum absolute atomic E-state index is 0.303. The fraction of sp³-hybridized carbons (Fsp3) is 0.105. The Kier molecular flexibility index (Phi) is 4.96. The molecule has 4 aromatic rings. The summed E-state index contributed by atoms with van der Waals surface area (Å²) in [6.07, 6.45) is 3.13. The third-order valence-electron chi connectivity index (χ3n) is 4.21. The number of halogens is 1. The molecule has 0 unspecified atom stereocenters. The highest BCUT2D eigenvalue weighted by molar-refractivity contribution is 6.30. The zero-order valence-corrected chi connectivity index (χ0v) is 16.3. The average Bonchev–Trinajstić information content (AvgIpc) is 3.37. The van der Waals surface area contributed by atoms with E-state index in [0.717, 1.165) is 5.69 Å². The van der Waals surface area contributed by atoms with Gasteiger partial charge in [-0.05, 0) is 53.7 Å². The lowest BCUT2D eigenvalue weighted by Gasteiger charge is -2.11. The number of aryl methyl sites for hydroxylation is 1. The zero-order chi connectivity index (χ0) is 20.4. The standard InChI is InChI=1S/C19H16ClN7O2/c1-12-23-24-25-27(12)17-9-15(6-7-18(17)29-2)22-19(28)13-10-21-26(11-13)16-5-3-4-14(20)8-16/h3-11H,1-2H3,(H,22,28). The molecule has 1 N–H and O–H groups in total. The minimum atomic E-state index is -0.303. The van der Waals surface area contributed by atoms with Crippen LogP contribution in [-0.4, -0.2) is 43.0 Å². The van der Waals surface area contributed by atoms with Crippen LogP contribution in [0.3, 0.4) is 0 Å². The van der Waals surface area contributed by atoms with Crippen LogP contribution in [0.15, 0.2) is 54.9 Å². The summed E-state index contributed by atoms with van der Waals surface area (Å²) in [7, 11) is 1.56. The average molecular weight is 410 g/mol. The molecule has 10 heteroatoms. The molecule has 0 aliphatic rings. The molecule has 0 saturated carbocycles. The molecule has 0 saturated heterocycles. The first kappa shape index (κ1) is 18.6. The molecule has 2 aromatic heterocycles. The van der Waals surface area contributed by atoms with Gasteiger partial charge in [-0.2, -0.15) is 9.78 Å². The molecule has 0 radical (unpaired) electrons. The Bertz CT molecular complexity index is 1180. The molecular formula is C19H16ClN7O2. The molecule has 0 fully saturated rings. The molecule has 2 aromatic carbocycles. The SMILES string of the molecule is COc1ccc(NC(=O)c2cnn(-c3cccc(Cl)c3)c2)cc1-n1nnnc1C. The summed E-state index contributed by atoms with van der Waals surface area (Å²) in [6.45, 7) is 1.77. The largest absolute Gasteiger partial charge is 0.494 e. The Morgan fingerprint density at radius 3 is 2.79 bits per heavy atom. The maximum Gasteiger partial charge on any atom is 0.258 e. The Labute approximate surface area is 170 Å². The summed E-state index contributed by atoms with van der Waals surface area (Å²) in [6, 6.07) is 12.4. The van der Waals surface area contributed by atoms with Gasteiger partial charge in [0.1, 0.15) is 11.4 Å². The first-order valence-corrected chi connectivity index (χ1v) is 8.98. The summed E-state index contributed by atoms with van der Waals surface area (Å²) < 4.78 is 8.50. The second-order valence-electron chi connectivity index (χ2n) is 6.13. The van der Waals surface area contributed by atoms with E-state index in [1.165, 1.54) is 10.9 Å². The molecule has 146 valence electrons. The Morgan fingerprint density at radius 1 is 1.21 bits per heavy atom. The van der Waals surface area contributed by atoms with Crippen LogP contribution < -0.4 is 10.1 Å². The summed E-state index contributed by atoms with van der Waals surface area (Å²) in [5, 5.41) is 19.2. The Balaban J connectivity index is 1.58. The van der Waals surface area contributed by atoms with Crippen molar-refractivity contribution in [1.29, 1.82) is 0 Å². The number of aromatic nitrogens is 6. The van der Waals surface area contributed by atoms with E-state index in [1.54, 1.807) is 55.2 Å². The Hall–Kier alpha value is -3.72. The summed E-state index contributed by atoms with van der Waals surface area (Å²) in [5.74, 6) is 0.865. The highest BCUT2D eigenvalue weighted by atomic mass is 35.5. The number of amides is 1. The predicted octanol–water partition coefficient (Wildman–Crippen LogP) is 3.07. The van der Waals surface area contributed by atoms with Gasteiger partial charge in [-0.15, -0.1) is 5.10 Å². The molecule has 29 heavy (non-hydrogen) atoms. The molecule has 2 heterocycles. The fourth-order valence-corrected chi connectivity index (χ4v) is 2.98. The number of carbonyl (C=O) groups is 1. The topological polar surface area (TPSA) is 99.8 Å². The number of nitrogens with one attached hydrogen (secondary N) is 1. The fourth-order valence-electron chi connectivity index (χ4n) is 2.79. The van der Waals surface area contributed by atoms with Crippen molar-refractivity contribution in [1.82, 2.24) is 30.0 Å². The minimum Gasteiger partial charge on any atom is -0.494 e. The third kappa shape index (κ3) is 3.81. The van der Waals surface area contributed by atoms with Crippen molar-refractivity contribution in [2.24, 2.45) is 0 Å². The monoisotopic (exact) mass is 409 g/mol. The molecule has 9 nitrogen and oxygen atoms in total. The number of nitrogens with zero attached hydrogens (tertiary/aromatic N) is 6. The molecule has 0 spiro atoms. The van der Waals surface area contributed by atoms with Crippen LogP contribution >= 0.6 is 11.6 Å². The number of ether oxygens (including phenoxy) is 1. The van der Waals surface area contributed by atoms with Gasteiger partial charge in [0.15, 0.2) is 5.82 Å². The third-order valence-corrected chi connectivity index (χ3v) is 4.44. The van der Waals surface area contributed by atoms with E-state index in [0.29, 0.717) is 33.5 Å². The van der Waals surface area contributed by atoms with E-state index in [2.05, 4.69) is 25.9 Å². The first-order valence-electron chi connectivity index (χ1n) is 8.60. The van der Waals surface area contributed by atoms with Crippen molar-refractivity contribution in [3.05, 3.63) is 71.3 Å². The van der Waals surface area contributed by atoms with Crippen LogP contribution in [0, 0.1) is 6.92 Å². The number of rotatable bonds is 5. The second-order valence-corrected chi connectivity index (χ2v) is 6.57. The van der Waals surface area contributed by atoms with Crippen LogP contribution in [0.2, 0.25) is 5.02 Å².